The van der Waals surface area contributed by atoms with Crippen LogP contribution in [-0.2, 0) is 0 Å². The molecule has 0 saturated heterocycles. The Morgan fingerprint density at radius 3 is 2.72 bits per heavy atom. The van der Waals surface area contributed by atoms with E-state index in [1.807, 2.05) is 0 Å². The Hall–Kier alpha value is -0.810. The molecule has 1 saturated carbocycles. The lowest BCUT2D eigenvalue weighted by atomic mass is 9.94. The van der Waals surface area contributed by atoms with Gasteiger partial charge >= 0.3 is 0 Å². The summed E-state index contributed by atoms with van der Waals surface area (Å²) in [6.45, 7) is 0.388. The van der Waals surface area contributed by atoms with Crippen LogP contribution in [0.5, 0.6) is 0 Å². The number of carbonyl (C=O) groups excluding carboxylic acids is 1. The average Bonchev–Trinajstić information content (AvgIpc) is 2.82. The molecule has 2 rings (SSSR count). The smallest absolute Gasteiger partial charge is 0.258 e. The van der Waals surface area contributed by atoms with Gasteiger partial charge in [-0.2, -0.15) is 0 Å². The maximum atomic E-state index is 12.4. The topological polar surface area (TPSA) is 53.7 Å². The molecule has 1 aromatic rings. The fourth-order valence-corrected chi connectivity index (χ4v) is 2.96. The number of halogens is 1. The van der Waals surface area contributed by atoms with E-state index in [4.69, 9.17) is 9.52 Å². The standard InChI is InChI=1S/C13H18BrNO3/c14-12-11(6-9-18-12)13(17)15(7-8-16)10-4-2-1-3-5-10/h6,9-10,16H,1-5,7-8H2. The van der Waals surface area contributed by atoms with E-state index in [1.54, 1.807) is 11.0 Å². The fraction of sp³-hybridized carbons (Fsp3) is 0.615. The van der Waals surface area contributed by atoms with Crippen molar-refractivity contribution in [3.63, 3.8) is 0 Å². The number of aliphatic hydroxyl groups is 1. The second-order valence-corrected chi connectivity index (χ2v) is 5.34. The Morgan fingerprint density at radius 2 is 2.17 bits per heavy atom. The second-order valence-electron chi connectivity index (χ2n) is 4.62. The summed E-state index contributed by atoms with van der Waals surface area (Å²) in [7, 11) is 0. The average molecular weight is 316 g/mol. The lowest BCUT2D eigenvalue weighted by molar-refractivity contribution is 0.0583. The van der Waals surface area contributed by atoms with Crippen molar-refractivity contribution in [1.29, 1.82) is 0 Å². The molecule has 0 spiro atoms. The van der Waals surface area contributed by atoms with Crippen LogP contribution < -0.4 is 0 Å². The van der Waals surface area contributed by atoms with Crippen molar-refractivity contribution >= 4 is 21.8 Å². The molecule has 1 aliphatic carbocycles. The van der Waals surface area contributed by atoms with Gasteiger partial charge < -0.3 is 14.4 Å². The first-order chi connectivity index (χ1) is 8.74. The minimum Gasteiger partial charge on any atom is -0.457 e. The van der Waals surface area contributed by atoms with Crippen LogP contribution in [-0.4, -0.2) is 35.1 Å². The third kappa shape index (κ3) is 2.95. The number of aliphatic hydroxyl groups excluding tert-OH is 1. The summed E-state index contributed by atoms with van der Waals surface area (Å²) in [4.78, 5) is 14.2. The molecule has 0 radical (unpaired) electrons. The fourth-order valence-electron chi connectivity index (χ4n) is 2.55. The van der Waals surface area contributed by atoms with E-state index in [-0.39, 0.29) is 18.6 Å². The summed E-state index contributed by atoms with van der Waals surface area (Å²) in [5.41, 5.74) is 0.536. The minimum absolute atomic E-state index is 0.00227. The zero-order valence-corrected chi connectivity index (χ0v) is 11.9. The van der Waals surface area contributed by atoms with Crippen LogP contribution >= 0.6 is 15.9 Å². The Morgan fingerprint density at radius 1 is 1.44 bits per heavy atom. The van der Waals surface area contributed by atoms with Gasteiger partial charge in [0.1, 0.15) is 0 Å². The number of hydrogen-bond acceptors (Lipinski definition) is 3. The second kappa shape index (κ2) is 6.38. The van der Waals surface area contributed by atoms with Crippen LogP contribution in [0.4, 0.5) is 0 Å². The predicted octanol–water partition coefficient (Wildman–Crippen LogP) is 2.81. The highest BCUT2D eigenvalue weighted by atomic mass is 79.9. The lowest BCUT2D eigenvalue weighted by Crippen LogP contribution is -2.43. The number of nitrogens with zero attached hydrogens (tertiary/aromatic N) is 1. The third-order valence-corrected chi connectivity index (χ3v) is 4.08. The zero-order valence-electron chi connectivity index (χ0n) is 10.3. The first-order valence-corrected chi connectivity index (χ1v) is 7.18. The van der Waals surface area contributed by atoms with Gasteiger partial charge in [0.05, 0.1) is 18.4 Å². The highest BCUT2D eigenvalue weighted by Crippen LogP contribution is 2.26. The summed E-state index contributed by atoms with van der Waals surface area (Å²) in [5, 5.41) is 9.15. The van der Waals surface area contributed by atoms with E-state index in [0.29, 0.717) is 16.8 Å². The van der Waals surface area contributed by atoms with Gasteiger partial charge in [0, 0.05) is 12.6 Å². The first kappa shape index (κ1) is 13.6. The number of furan rings is 1. The molecule has 1 fully saturated rings. The highest BCUT2D eigenvalue weighted by molar-refractivity contribution is 9.10. The van der Waals surface area contributed by atoms with Gasteiger partial charge in [0.15, 0.2) is 4.67 Å². The van der Waals surface area contributed by atoms with E-state index in [9.17, 15) is 4.79 Å². The molecule has 1 aromatic heterocycles. The summed E-state index contributed by atoms with van der Waals surface area (Å²) in [6, 6.07) is 1.92. The summed E-state index contributed by atoms with van der Waals surface area (Å²) in [6.07, 6.45) is 7.11. The van der Waals surface area contributed by atoms with Gasteiger partial charge in [0.2, 0.25) is 0 Å². The molecule has 1 N–H and O–H groups in total. The third-order valence-electron chi connectivity index (χ3n) is 3.47. The quantitative estimate of drug-likeness (QED) is 0.929. The summed E-state index contributed by atoms with van der Waals surface area (Å²) < 4.78 is 5.57. The van der Waals surface area contributed by atoms with Crippen molar-refractivity contribution in [3.05, 3.63) is 22.6 Å². The van der Waals surface area contributed by atoms with Crippen LogP contribution in [0, 0.1) is 0 Å². The van der Waals surface area contributed by atoms with Crippen molar-refractivity contribution < 1.29 is 14.3 Å². The molecule has 1 heterocycles. The van der Waals surface area contributed by atoms with Gasteiger partial charge in [-0.1, -0.05) is 19.3 Å². The molecule has 1 amide bonds. The minimum atomic E-state index is -0.0587. The predicted molar refractivity (Wildman–Crippen MR) is 71.4 cm³/mol. The van der Waals surface area contributed by atoms with Crippen LogP contribution in [0.1, 0.15) is 42.5 Å². The molecule has 0 aliphatic heterocycles. The van der Waals surface area contributed by atoms with Crippen LogP contribution in [0.15, 0.2) is 21.4 Å². The van der Waals surface area contributed by atoms with Crippen molar-refractivity contribution in [2.24, 2.45) is 0 Å². The monoisotopic (exact) mass is 315 g/mol. The van der Waals surface area contributed by atoms with Crippen molar-refractivity contribution in [2.75, 3.05) is 13.2 Å². The highest BCUT2D eigenvalue weighted by Gasteiger charge is 2.27. The van der Waals surface area contributed by atoms with Crippen molar-refractivity contribution in [2.45, 2.75) is 38.1 Å². The molecule has 0 unspecified atom stereocenters. The van der Waals surface area contributed by atoms with Gasteiger partial charge in [-0.15, -0.1) is 0 Å². The van der Waals surface area contributed by atoms with Crippen LogP contribution in [0.3, 0.4) is 0 Å². The maximum Gasteiger partial charge on any atom is 0.258 e. The Labute approximate surface area is 115 Å². The molecular weight excluding hydrogens is 298 g/mol. The molecule has 100 valence electrons. The molecule has 18 heavy (non-hydrogen) atoms. The van der Waals surface area contributed by atoms with E-state index < -0.39 is 0 Å². The van der Waals surface area contributed by atoms with Gasteiger partial charge in [-0.25, -0.2) is 0 Å². The molecular formula is C13H18BrNO3. The molecule has 5 heteroatoms. The molecule has 0 aromatic carbocycles. The SMILES string of the molecule is O=C(c1ccoc1Br)N(CCO)C1CCCCC1. The molecule has 4 nitrogen and oxygen atoms in total. The maximum absolute atomic E-state index is 12.4. The number of rotatable bonds is 4. The van der Waals surface area contributed by atoms with Crippen molar-refractivity contribution in [1.82, 2.24) is 4.90 Å². The normalized spacial score (nSPS) is 16.8. The number of hydrogen-bond donors (Lipinski definition) is 1. The van der Waals surface area contributed by atoms with E-state index in [0.717, 1.165) is 25.7 Å². The van der Waals surface area contributed by atoms with E-state index >= 15 is 0 Å². The Balaban J connectivity index is 2.13. The van der Waals surface area contributed by atoms with Gasteiger partial charge in [0.25, 0.3) is 5.91 Å². The summed E-state index contributed by atoms with van der Waals surface area (Å²) in [5.74, 6) is -0.0587. The van der Waals surface area contributed by atoms with Crippen LogP contribution in [0.25, 0.3) is 0 Å². The number of amides is 1. The molecule has 1 aliphatic rings. The molecule has 0 atom stereocenters. The summed E-state index contributed by atoms with van der Waals surface area (Å²) >= 11 is 3.23. The Kier molecular flexibility index (Phi) is 4.83. The van der Waals surface area contributed by atoms with E-state index in [1.165, 1.54) is 12.7 Å². The Bertz CT molecular complexity index is 399. The first-order valence-electron chi connectivity index (χ1n) is 6.39. The number of carbonyl (C=O) groups is 1. The lowest BCUT2D eigenvalue weighted by Gasteiger charge is -2.33. The largest absolute Gasteiger partial charge is 0.457 e. The van der Waals surface area contributed by atoms with Gasteiger partial charge in [-0.05, 0) is 34.8 Å². The van der Waals surface area contributed by atoms with Crippen molar-refractivity contribution in [3.8, 4) is 0 Å². The molecule has 0 bridgehead atoms. The van der Waals surface area contributed by atoms with E-state index in [2.05, 4.69) is 15.9 Å². The zero-order chi connectivity index (χ0) is 13.0. The van der Waals surface area contributed by atoms with Crippen LogP contribution in [0.2, 0.25) is 0 Å². The van der Waals surface area contributed by atoms with Gasteiger partial charge in [-0.3, -0.25) is 4.79 Å².